The maximum absolute atomic E-state index is 5.04. The molecule has 2 aromatic rings. The van der Waals surface area contributed by atoms with Crippen LogP contribution in [0.25, 0.3) is 11.1 Å². The molecule has 1 heterocycles. The molecular weight excluding hydrogens is 339 g/mol. The van der Waals surface area contributed by atoms with Crippen molar-refractivity contribution in [3.05, 3.63) is 40.2 Å². The third-order valence-corrected chi connectivity index (χ3v) is 3.74. The number of hydrogen-bond donors (Lipinski definition) is 0. The molecule has 0 fully saturated rings. The molecule has 0 atom stereocenters. The molecular formula is C14H17IN2O. The zero-order valence-corrected chi connectivity index (χ0v) is 12.6. The van der Waals surface area contributed by atoms with Gasteiger partial charge in [0, 0.05) is 35.6 Å². The molecule has 0 bridgehead atoms. The number of ether oxygens (including phenoxy) is 1. The Hall–Kier alpha value is -0.880. The summed E-state index contributed by atoms with van der Waals surface area (Å²) in [6.07, 6.45) is 6.23. The van der Waals surface area contributed by atoms with E-state index in [1.165, 1.54) is 14.7 Å². The van der Waals surface area contributed by atoms with Crippen molar-refractivity contribution >= 4 is 22.6 Å². The van der Waals surface area contributed by atoms with Crippen molar-refractivity contribution in [2.45, 2.75) is 19.4 Å². The number of rotatable bonds is 6. The van der Waals surface area contributed by atoms with Crippen molar-refractivity contribution in [1.82, 2.24) is 9.78 Å². The Morgan fingerprint density at radius 3 is 2.89 bits per heavy atom. The van der Waals surface area contributed by atoms with Crippen LogP contribution in [0.2, 0.25) is 0 Å². The molecule has 18 heavy (non-hydrogen) atoms. The molecule has 0 amide bonds. The summed E-state index contributed by atoms with van der Waals surface area (Å²) < 4.78 is 8.31. The largest absolute Gasteiger partial charge is 0.385 e. The van der Waals surface area contributed by atoms with Gasteiger partial charge in [-0.25, -0.2) is 0 Å². The summed E-state index contributed by atoms with van der Waals surface area (Å²) in [5.41, 5.74) is 2.44. The Kier molecular flexibility index (Phi) is 5.19. The van der Waals surface area contributed by atoms with E-state index in [2.05, 4.69) is 58.2 Å². The van der Waals surface area contributed by atoms with Crippen LogP contribution in [0, 0.1) is 3.57 Å². The third-order valence-electron chi connectivity index (χ3n) is 2.80. The molecule has 0 unspecified atom stereocenters. The fourth-order valence-corrected chi connectivity index (χ4v) is 2.54. The molecule has 0 saturated carbocycles. The van der Waals surface area contributed by atoms with Gasteiger partial charge in [0.25, 0.3) is 0 Å². The fourth-order valence-electron chi connectivity index (χ4n) is 1.84. The molecule has 2 rings (SSSR count). The molecule has 0 spiro atoms. The van der Waals surface area contributed by atoms with Crippen molar-refractivity contribution < 1.29 is 4.74 Å². The van der Waals surface area contributed by atoms with Crippen molar-refractivity contribution in [2.24, 2.45) is 0 Å². The smallest absolute Gasteiger partial charge is 0.0568 e. The first-order valence-corrected chi connectivity index (χ1v) is 7.15. The zero-order chi connectivity index (χ0) is 12.8. The van der Waals surface area contributed by atoms with Crippen LogP contribution < -0.4 is 0 Å². The monoisotopic (exact) mass is 356 g/mol. The Labute approximate surface area is 121 Å². The van der Waals surface area contributed by atoms with Gasteiger partial charge in [-0.15, -0.1) is 0 Å². The van der Waals surface area contributed by atoms with Crippen molar-refractivity contribution in [2.75, 3.05) is 13.7 Å². The maximum atomic E-state index is 5.04. The summed E-state index contributed by atoms with van der Waals surface area (Å²) in [4.78, 5) is 0. The minimum atomic E-state index is 0.824. The lowest BCUT2D eigenvalue weighted by Crippen LogP contribution is -1.99. The number of methoxy groups -OCH3 is 1. The lowest BCUT2D eigenvalue weighted by atomic mass is 10.1. The number of benzene rings is 1. The predicted octanol–water partition coefficient (Wildman–Crippen LogP) is 3.58. The second kappa shape index (κ2) is 6.89. The predicted molar refractivity (Wildman–Crippen MR) is 81.5 cm³/mol. The number of unbranched alkanes of at least 4 members (excludes halogenated alkanes) is 1. The van der Waals surface area contributed by atoms with E-state index in [0.29, 0.717) is 0 Å². The number of halogens is 1. The van der Waals surface area contributed by atoms with Crippen LogP contribution in [0.1, 0.15) is 12.8 Å². The number of aromatic nitrogens is 2. The minimum Gasteiger partial charge on any atom is -0.385 e. The highest BCUT2D eigenvalue weighted by Crippen LogP contribution is 2.24. The van der Waals surface area contributed by atoms with Crippen molar-refractivity contribution in [1.29, 1.82) is 0 Å². The van der Waals surface area contributed by atoms with Crippen molar-refractivity contribution in [3.63, 3.8) is 0 Å². The first kappa shape index (κ1) is 13.5. The SMILES string of the molecule is COCCCCn1cc(-c2ccccc2I)cn1. The molecule has 4 heteroatoms. The van der Waals surface area contributed by atoms with E-state index >= 15 is 0 Å². The topological polar surface area (TPSA) is 27.1 Å². The Morgan fingerprint density at radius 1 is 1.28 bits per heavy atom. The molecule has 3 nitrogen and oxygen atoms in total. The van der Waals surface area contributed by atoms with Gasteiger partial charge in [0.15, 0.2) is 0 Å². The van der Waals surface area contributed by atoms with E-state index in [9.17, 15) is 0 Å². The summed E-state index contributed by atoms with van der Waals surface area (Å²) in [5, 5.41) is 4.40. The van der Waals surface area contributed by atoms with Crippen LogP contribution >= 0.6 is 22.6 Å². The van der Waals surface area contributed by atoms with E-state index in [4.69, 9.17) is 4.74 Å². The molecule has 0 aliphatic rings. The normalized spacial score (nSPS) is 10.8. The van der Waals surface area contributed by atoms with Gasteiger partial charge in [-0.1, -0.05) is 18.2 Å². The standard InChI is InChI=1S/C14H17IN2O/c1-18-9-5-4-8-17-11-12(10-16-17)13-6-2-3-7-14(13)15/h2-3,6-7,10-11H,4-5,8-9H2,1H3. The van der Waals surface area contributed by atoms with Crippen LogP contribution in [-0.2, 0) is 11.3 Å². The van der Waals surface area contributed by atoms with Gasteiger partial charge in [0.05, 0.1) is 6.20 Å². The minimum absolute atomic E-state index is 0.824. The van der Waals surface area contributed by atoms with Crippen LogP contribution in [0.5, 0.6) is 0 Å². The quantitative estimate of drug-likeness (QED) is 0.584. The van der Waals surface area contributed by atoms with Gasteiger partial charge in [0.1, 0.15) is 0 Å². The molecule has 0 aliphatic heterocycles. The first-order chi connectivity index (χ1) is 8.81. The Bertz CT molecular complexity index is 496. The summed E-state index contributed by atoms with van der Waals surface area (Å²) >= 11 is 2.36. The molecule has 0 N–H and O–H groups in total. The average molecular weight is 356 g/mol. The summed E-state index contributed by atoms with van der Waals surface area (Å²) in [7, 11) is 1.74. The Morgan fingerprint density at radius 2 is 2.11 bits per heavy atom. The highest BCUT2D eigenvalue weighted by Gasteiger charge is 2.04. The molecule has 0 radical (unpaired) electrons. The number of hydrogen-bond acceptors (Lipinski definition) is 2. The summed E-state index contributed by atoms with van der Waals surface area (Å²) in [6.45, 7) is 1.78. The van der Waals surface area contributed by atoms with Gasteiger partial charge in [-0.05, 0) is 47.1 Å². The molecule has 1 aromatic heterocycles. The summed E-state index contributed by atoms with van der Waals surface area (Å²) in [5.74, 6) is 0. The zero-order valence-electron chi connectivity index (χ0n) is 10.5. The van der Waals surface area contributed by atoms with Crippen LogP contribution in [0.4, 0.5) is 0 Å². The molecule has 96 valence electrons. The van der Waals surface area contributed by atoms with E-state index in [1.54, 1.807) is 7.11 Å². The average Bonchev–Trinajstić information content (AvgIpc) is 2.84. The van der Waals surface area contributed by atoms with E-state index in [-0.39, 0.29) is 0 Å². The highest BCUT2D eigenvalue weighted by molar-refractivity contribution is 14.1. The van der Waals surface area contributed by atoms with Gasteiger partial charge >= 0.3 is 0 Å². The first-order valence-electron chi connectivity index (χ1n) is 6.07. The Balaban J connectivity index is 2.00. The van der Waals surface area contributed by atoms with Crippen LogP contribution in [-0.4, -0.2) is 23.5 Å². The van der Waals surface area contributed by atoms with Gasteiger partial charge in [0.2, 0.25) is 0 Å². The van der Waals surface area contributed by atoms with E-state index < -0.39 is 0 Å². The van der Waals surface area contributed by atoms with Crippen LogP contribution in [0.3, 0.4) is 0 Å². The van der Waals surface area contributed by atoms with E-state index in [1.807, 2.05) is 10.9 Å². The molecule has 0 aliphatic carbocycles. The maximum Gasteiger partial charge on any atom is 0.0568 e. The molecule has 0 saturated heterocycles. The third kappa shape index (κ3) is 3.55. The van der Waals surface area contributed by atoms with Gasteiger partial charge in [-0.2, -0.15) is 5.10 Å². The molecule has 1 aromatic carbocycles. The van der Waals surface area contributed by atoms with Gasteiger partial charge in [-0.3, -0.25) is 4.68 Å². The number of nitrogens with zero attached hydrogens (tertiary/aromatic N) is 2. The van der Waals surface area contributed by atoms with Crippen LogP contribution in [0.15, 0.2) is 36.7 Å². The second-order valence-electron chi connectivity index (χ2n) is 4.17. The fraction of sp³-hybridized carbons (Fsp3) is 0.357. The van der Waals surface area contributed by atoms with E-state index in [0.717, 1.165) is 26.0 Å². The number of aryl methyl sites for hydroxylation is 1. The summed E-state index contributed by atoms with van der Waals surface area (Å²) in [6, 6.07) is 8.37. The van der Waals surface area contributed by atoms with Gasteiger partial charge < -0.3 is 4.74 Å². The lowest BCUT2D eigenvalue weighted by Gasteiger charge is -2.01. The second-order valence-corrected chi connectivity index (χ2v) is 5.33. The van der Waals surface area contributed by atoms with Crippen molar-refractivity contribution in [3.8, 4) is 11.1 Å². The lowest BCUT2D eigenvalue weighted by molar-refractivity contribution is 0.191. The highest BCUT2D eigenvalue weighted by atomic mass is 127.